The highest BCUT2D eigenvalue weighted by Crippen LogP contribution is 2.31. The third-order valence-electron chi connectivity index (χ3n) is 5.57. The first-order chi connectivity index (χ1) is 17.2. The predicted octanol–water partition coefficient (Wildman–Crippen LogP) is 5.95. The second kappa shape index (κ2) is 12.7. The van der Waals surface area contributed by atoms with Crippen molar-refractivity contribution in [3.8, 4) is 17.2 Å². The van der Waals surface area contributed by atoms with Gasteiger partial charge >= 0.3 is 12.3 Å². The lowest BCUT2D eigenvalue weighted by molar-refractivity contribution is -0.275. The number of benzene rings is 2. The lowest BCUT2D eigenvalue weighted by atomic mass is 9.84. The summed E-state index contributed by atoms with van der Waals surface area (Å²) in [6.45, 7) is 5.66. The van der Waals surface area contributed by atoms with Gasteiger partial charge in [-0.2, -0.15) is 0 Å². The molecule has 0 aliphatic carbocycles. The molecule has 196 valence electrons. The minimum absolute atomic E-state index is 0.196. The minimum Gasteiger partial charge on any atom is -0.494 e. The Morgan fingerprint density at radius 2 is 1.75 bits per heavy atom. The molecular formula is C26H28F4O6. The first-order valence-electron chi connectivity index (χ1n) is 11.5. The summed E-state index contributed by atoms with van der Waals surface area (Å²) in [5, 5.41) is 0. The van der Waals surface area contributed by atoms with Crippen molar-refractivity contribution in [1.82, 2.24) is 0 Å². The summed E-state index contributed by atoms with van der Waals surface area (Å²) >= 11 is 0. The van der Waals surface area contributed by atoms with E-state index in [1.165, 1.54) is 6.08 Å². The van der Waals surface area contributed by atoms with Crippen LogP contribution in [0.4, 0.5) is 17.6 Å². The van der Waals surface area contributed by atoms with Crippen LogP contribution in [-0.4, -0.2) is 45.4 Å². The Kier molecular flexibility index (Phi) is 9.72. The number of unbranched alkanes of at least 4 members (excludes halogenated alkanes) is 1. The zero-order chi connectivity index (χ0) is 26.0. The second-order valence-corrected chi connectivity index (χ2v) is 8.42. The largest absolute Gasteiger partial charge is 0.573 e. The van der Waals surface area contributed by atoms with Crippen LogP contribution < -0.4 is 14.2 Å². The number of carbonyl (C=O) groups excluding carboxylic acids is 1. The number of rotatable bonds is 13. The summed E-state index contributed by atoms with van der Waals surface area (Å²) < 4.78 is 75.5. The second-order valence-electron chi connectivity index (χ2n) is 8.42. The van der Waals surface area contributed by atoms with Crippen molar-refractivity contribution >= 4 is 12.0 Å². The summed E-state index contributed by atoms with van der Waals surface area (Å²) in [6.07, 6.45) is 0.378. The molecule has 0 atom stereocenters. The lowest BCUT2D eigenvalue weighted by Gasteiger charge is -2.40. The van der Waals surface area contributed by atoms with Crippen molar-refractivity contribution in [2.45, 2.75) is 32.5 Å². The highest BCUT2D eigenvalue weighted by molar-refractivity contribution is 5.88. The van der Waals surface area contributed by atoms with Crippen LogP contribution >= 0.6 is 0 Å². The summed E-state index contributed by atoms with van der Waals surface area (Å²) in [6, 6.07) is 9.38. The maximum atomic E-state index is 13.7. The van der Waals surface area contributed by atoms with Gasteiger partial charge in [0.15, 0.2) is 11.6 Å². The number of halogens is 4. The van der Waals surface area contributed by atoms with Crippen LogP contribution in [0.15, 0.2) is 48.5 Å². The molecule has 0 saturated carbocycles. The van der Waals surface area contributed by atoms with Crippen molar-refractivity contribution in [3.63, 3.8) is 0 Å². The number of hydrogen-bond acceptors (Lipinski definition) is 6. The van der Waals surface area contributed by atoms with E-state index >= 15 is 0 Å². The minimum atomic E-state index is -5.03. The van der Waals surface area contributed by atoms with E-state index in [9.17, 15) is 22.4 Å². The molecule has 1 heterocycles. The predicted molar refractivity (Wildman–Crippen MR) is 123 cm³/mol. The fraction of sp³-hybridized carbons (Fsp3) is 0.423. The maximum absolute atomic E-state index is 13.7. The third kappa shape index (κ3) is 8.83. The molecule has 0 bridgehead atoms. The van der Waals surface area contributed by atoms with Gasteiger partial charge in [-0.25, -0.2) is 9.18 Å². The van der Waals surface area contributed by atoms with Crippen molar-refractivity contribution in [2.24, 2.45) is 5.41 Å². The average molecular weight is 512 g/mol. The molecule has 0 unspecified atom stereocenters. The Balaban J connectivity index is 1.35. The van der Waals surface area contributed by atoms with Gasteiger partial charge in [0.1, 0.15) is 11.5 Å². The smallest absolute Gasteiger partial charge is 0.494 e. The molecule has 1 aliphatic rings. The van der Waals surface area contributed by atoms with E-state index in [-0.39, 0.29) is 11.2 Å². The first kappa shape index (κ1) is 27.5. The molecule has 0 radical (unpaired) electrons. The van der Waals surface area contributed by atoms with Gasteiger partial charge in [0.25, 0.3) is 0 Å². The van der Waals surface area contributed by atoms with Gasteiger partial charge in [-0.1, -0.05) is 19.1 Å². The fourth-order valence-electron chi connectivity index (χ4n) is 3.31. The molecule has 10 heteroatoms. The highest BCUT2D eigenvalue weighted by atomic mass is 19.4. The van der Waals surface area contributed by atoms with E-state index in [0.29, 0.717) is 30.6 Å². The molecule has 36 heavy (non-hydrogen) atoms. The van der Waals surface area contributed by atoms with Gasteiger partial charge in [0.2, 0.25) is 0 Å². The molecule has 0 N–H and O–H groups in total. The SMILES string of the molecule is CCC1(COCCCCOc2ccc(C=CC(=O)Oc3ccc(OC(F)(F)F)c(F)c3)cc2)COC1. The first-order valence-corrected chi connectivity index (χ1v) is 11.5. The Labute approximate surface area is 206 Å². The Morgan fingerprint density at radius 1 is 1.06 bits per heavy atom. The summed E-state index contributed by atoms with van der Waals surface area (Å²) in [7, 11) is 0. The average Bonchev–Trinajstić information content (AvgIpc) is 2.80. The van der Waals surface area contributed by atoms with E-state index in [4.69, 9.17) is 18.9 Å². The molecule has 0 spiro atoms. The van der Waals surface area contributed by atoms with Gasteiger partial charge in [-0.15, -0.1) is 13.2 Å². The fourth-order valence-corrected chi connectivity index (χ4v) is 3.31. The Bertz CT molecular complexity index is 1010. The molecule has 3 rings (SSSR count). The monoisotopic (exact) mass is 512 g/mol. The van der Waals surface area contributed by atoms with Crippen LogP contribution in [0.3, 0.4) is 0 Å². The molecule has 1 saturated heterocycles. The van der Waals surface area contributed by atoms with E-state index in [2.05, 4.69) is 11.7 Å². The summed E-state index contributed by atoms with van der Waals surface area (Å²) in [4.78, 5) is 11.9. The highest BCUT2D eigenvalue weighted by Gasteiger charge is 2.36. The van der Waals surface area contributed by atoms with Crippen LogP contribution in [0.5, 0.6) is 17.2 Å². The molecule has 6 nitrogen and oxygen atoms in total. The number of esters is 1. The maximum Gasteiger partial charge on any atom is 0.573 e. The number of alkyl halides is 3. The zero-order valence-corrected chi connectivity index (χ0v) is 19.8. The van der Waals surface area contributed by atoms with Crippen LogP contribution in [0, 0.1) is 11.2 Å². The van der Waals surface area contributed by atoms with E-state index in [1.54, 1.807) is 24.3 Å². The molecule has 2 aromatic rings. The number of ether oxygens (including phenoxy) is 5. The van der Waals surface area contributed by atoms with Gasteiger partial charge in [0.05, 0.1) is 26.4 Å². The molecule has 1 aliphatic heterocycles. The molecule has 0 aromatic heterocycles. The van der Waals surface area contributed by atoms with Crippen LogP contribution in [0.25, 0.3) is 6.08 Å². The van der Waals surface area contributed by atoms with Gasteiger partial charge in [-0.05, 0) is 55.2 Å². The number of carbonyl (C=O) groups is 1. The van der Waals surface area contributed by atoms with Crippen LogP contribution in [0.1, 0.15) is 31.7 Å². The van der Waals surface area contributed by atoms with Gasteiger partial charge in [-0.3, -0.25) is 0 Å². The van der Waals surface area contributed by atoms with E-state index in [1.807, 2.05) is 0 Å². The van der Waals surface area contributed by atoms with Crippen LogP contribution in [-0.2, 0) is 14.3 Å². The lowest BCUT2D eigenvalue weighted by Crippen LogP contribution is -2.45. The van der Waals surface area contributed by atoms with Gasteiger partial charge in [0, 0.05) is 24.2 Å². The molecule has 1 fully saturated rings. The van der Waals surface area contributed by atoms with Crippen molar-refractivity contribution in [1.29, 1.82) is 0 Å². The van der Waals surface area contributed by atoms with Crippen LogP contribution in [0.2, 0.25) is 0 Å². The molecule has 0 amide bonds. The van der Waals surface area contributed by atoms with Crippen molar-refractivity contribution in [3.05, 3.63) is 59.9 Å². The Morgan fingerprint density at radius 3 is 2.36 bits per heavy atom. The van der Waals surface area contributed by atoms with E-state index < -0.39 is 23.9 Å². The number of hydrogen-bond donors (Lipinski definition) is 0. The molecule has 2 aromatic carbocycles. The standard InChI is InChI=1S/C26H28F4O6/c1-2-25(17-33-18-25)16-32-13-3-4-14-34-20-8-5-19(6-9-20)7-12-24(31)35-21-10-11-23(22(27)15-21)36-26(28,29)30/h5-12,15H,2-4,13-14,16-18H2,1H3. The normalized spacial score (nSPS) is 14.9. The topological polar surface area (TPSA) is 63.2 Å². The van der Waals surface area contributed by atoms with Crippen molar-refractivity contribution in [2.75, 3.05) is 33.0 Å². The van der Waals surface area contributed by atoms with E-state index in [0.717, 1.165) is 57.3 Å². The summed E-state index contributed by atoms with van der Waals surface area (Å²) in [5.41, 5.74) is 0.889. The third-order valence-corrected chi connectivity index (χ3v) is 5.57. The zero-order valence-electron chi connectivity index (χ0n) is 19.8. The van der Waals surface area contributed by atoms with Crippen molar-refractivity contribution < 1.29 is 46.0 Å². The molecular weight excluding hydrogens is 484 g/mol. The summed E-state index contributed by atoms with van der Waals surface area (Å²) in [5.74, 6) is -2.72. The Hall–Kier alpha value is -3.11. The van der Waals surface area contributed by atoms with Gasteiger partial charge < -0.3 is 23.7 Å². The quantitative estimate of drug-likeness (QED) is 0.109.